The maximum absolute atomic E-state index is 12.8. The van der Waals surface area contributed by atoms with E-state index < -0.39 is 10.0 Å². The SMILES string of the molecule is C[C@@H](CNC(=O)c1ccc(Cl)c(S(=O)(=O)N2CCCC2)c1)c1ccccc1. The van der Waals surface area contributed by atoms with Gasteiger partial charge in [-0.3, -0.25) is 4.79 Å². The molecule has 1 N–H and O–H groups in total. The molecule has 0 bridgehead atoms. The van der Waals surface area contributed by atoms with Crippen molar-refractivity contribution in [3.8, 4) is 0 Å². The summed E-state index contributed by atoms with van der Waals surface area (Å²) in [6.45, 7) is 3.47. The molecule has 1 aliphatic rings. The molecular formula is C20H23ClN2O3S. The van der Waals surface area contributed by atoms with E-state index in [2.05, 4.69) is 5.32 Å². The summed E-state index contributed by atoms with van der Waals surface area (Å²) < 4.78 is 27.0. The average Bonchev–Trinajstić information content (AvgIpc) is 3.22. The number of nitrogens with one attached hydrogen (secondary N) is 1. The molecule has 144 valence electrons. The lowest BCUT2D eigenvalue weighted by atomic mass is 10.0. The van der Waals surface area contributed by atoms with E-state index in [-0.39, 0.29) is 27.3 Å². The van der Waals surface area contributed by atoms with Crippen LogP contribution < -0.4 is 5.32 Å². The molecule has 0 unspecified atom stereocenters. The molecule has 0 aliphatic carbocycles. The molecule has 1 amide bonds. The predicted molar refractivity (Wildman–Crippen MR) is 107 cm³/mol. The minimum atomic E-state index is -3.68. The number of benzene rings is 2. The van der Waals surface area contributed by atoms with Crippen molar-refractivity contribution in [2.24, 2.45) is 0 Å². The Morgan fingerprint density at radius 1 is 1.15 bits per heavy atom. The zero-order valence-electron chi connectivity index (χ0n) is 15.2. The highest BCUT2D eigenvalue weighted by atomic mass is 35.5. The van der Waals surface area contributed by atoms with Crippen molar-refractivity contribution in [1.29, 1.82) is 0 Å². The van der Waals surface area contributed by atoms with E-state index in [0.29, 0.717) is 19.6 Å². The van der Waals surface area contributed by atoms with Crippen molar-refractivity contribution in [2.45, 2.75) is 30.6 Å². The Kier molecular flexibility index (Phi) is 6.19. The topological polar surface area (TPSA) is 66.5 Å². The van der Waals surface area contributed by atoms with Gasteiger partial charge < -0.3 is 5.32 Å². The van der Waals surface area contributed by atoms with E-state index in [1.54, 1.807) is 6.07 Å². The first kappa shape index (κ1) is 19.9. The molecule has 0 saturated carbocycles. The summed E-state index contributed by atoms with van der Waals surface area (Å²) in [7, 11) is -3.68. The van der Waals surface area contributed by atoms with Crippen LogP contribution in [-0.2, 0) is 10.0 Å². The standard InChI is InChI=1S/C20H23ClN2O3S/c1-15(16-7-3-2-4-8-16)14-22-20(24)17-9-10-18(21)19(13-17)27(25,26)23-11-5-6-12-23/h2-4,7-10,13,15H,5-6,11-12,14H2,1H3,(H,22,24)/t15-/m0/s1. The lowest BCUT2D eigenvalue weighted by molar-refractivity contribution is 0.0951. The first-order valence-corrected chi connectivity index (χ1v) is 10.8. The third kappa shape index (κ3) is 4.51. The normalized spacial score (nSPS) is 16.2. The van der Waals surface area contributed by atoms with Gasteiger partial charge in [0.25, 0.3) is 5.91 Å². The molecule has 1 saturated heterocycles. The molecule has 0 aromatic heterocycles. The minimum absolute atomic E-state index is 0.00479. The van der Waals surface area contributed by atoms with Gasteiger partial charge in [-0.1, -0.05) is 48.9 Å². The Balaban J connectivity index is 1.74. The highest BCUT2D eigenvalue weighted by Gasteiger charge is 2.29. The van der Waals surface area contributed by atoms with E-state index in [1.807, 2.05) is 37.3 Å². The summed E-state index contributed by atoms with van der Waals surface area (Å²) in [5.41, 5.74) is 1.42. The van der Waals surface area contributed by atoms with Crippen molar-refractivity contribution in [1.82, 2.24) is 9.62 Å². The molecule has 1 aliphatic heterocycles. The Morgan fingerprint density at radius 3 is 2.48 bits per heavy atom. The highest BCUT2D eigenvalue weighted by molar-refractivity contribution is 7.89. The van der Waals surface area contributed by atoms with Gasteiger partial charge in [-0.05, 0) is 42.5 Å². The number of carbonyl (C=O) groups excluding carboxylic acids is 1. The van der Waals surface area contributed by atoms with Gasteiger partial charge in [-0.2, -0.15) is 4.31 Å². The van der Waals surface area contributed by atoms with Gasteiger partial charge >= 0.3 is 0 Å². The summed E-state index contributed by atoms with van der Waals surface area (Å²) in [5.74, 6) is -0.164. The van der Waals surface area contributed by atoms with Crippen molar-refractivity contribution in [3.05, 3.63) is 64.7 Å². The van der Waals surface area contributed by atoms with Crippen LogP contribution in [0.4, 0.5) is 0 Å². The minimum Gasteiger partial charge on any atom is -0.351 e. The quantitative estimate of drug-likeness (QED) is 0.796. The van der Waals surface area contributed by atoms with Crippen LogP contribution in [0.1, 0.15) is 41.6 Å². The van der Waals surface area contributed by atoms with E-state index in [4.69, 9.17) is 11.6 Å². The van der Waals surface area contributed by atoms with Crippen molar-refractivity contribution >= 4 is 27.5 Å². The monoisotopic (exact) mass is 406 g/mol. The molecule has 0 radical (unpaired) electrons. The van der Waals surface area contributed by atoms with Crippen LogP contribution in [0.25, 0.3) is 0 Å². The van der Waals surface area contributed by atoms with Crippen LogP contribution in [0.2, 0.25) is 5.02 Å². The average molecular weight is 407 g/mol. The zero-order valence-corrected chi connectivity index (χ0v) is 16.8. The predicted octanol–water partition coefficient (Wildman–Crippen LogP) is 3.66. The fourth-order valence-electron chi connectivity index (χ4n) is 3.16. The highest BCUT2D eigenvalue weighted by Crippen LogP contribution is 2.28. The summed E-state index contributed by atoms with van der Waals surface area (Å²) in [6, 6.07) is 14.3. The van der Waals surface area contributed by atoms with Crippen LogP contribution >= 0.6 is 11.6 Å². The summed E-state index contributed by atoms with van der Waals surface area (Å²) in [5, 5.41) is 3.01. The van der Waals surface area contributed by atoms with Crippen LogP contribution in [0.15, 0.2) is 53.4 Å². The van der Waals surface area contributed by atoms with Crippen LogP contribution in [0.5, 0.6) is 0 Å². The second kappa shape index (κ2) is 8.42. The second-order valence-corrected chi connectivity index (χ2v) is 9.09. The summed E-state index contributed by atoms with van der Waals surface area (Å²) in [4.78, 5) is 12.5. The van der Waals surface area contributed by atoms with E-state index in [9.17, 15) is 13.2 Å². The number of halogens is 1. The van der Waals surface area contributed by atoms with Crippen molar-refractivity contribution < 1.29 is 13.2 Å². The van der Waals surface area contributed by atoms with Gasteiger partial charge in [-0.15, -0.1) is 0 Å². The van der Waals surface area contributed by atoms with Crippen molar-refractivity contribution in [2.75, 3.05) is 19.6 Å². The molecule has 2 aromatic rings. The summed E-state index contributed by atoms with van der Waals surface area (Å²) in [6.07, 6.45) is 1.68. The van der Waals surface area contributed by atoms with E-state index in [0.717, 1.165) is 18.4 Å². The van der Waals surface area contributed by atoms with Gasteiger partial charge in [0.05, 0.1) is 5.02 Å². The van der Waals surface area contributed by atoms with Gasteiger partial charge in [0, 0.05) is 25.2 Å². The smallest absolute Gasteiger partial charge is 0.251 e. The van der Waals surface area contributed by atoms with Crippen LogP contribution in [0, 0.1) is 0 Å². The van der Waals surface area contributed by atoms with Gasteiger partial charge in [0.15, 0.2) is 0 Å². The largest absolute Gasteiger partial charge is 0.351 e. The fraction of sp³-hybridized carbons (Fsp3) is 0.350. The third-order valence-electron chi connectivity index (χ3n) is 4.81. The Bertz CT molecular complexity index is 910. The molecule has 2 aromatic carbocycles. The number of sulfonamides is 1. The molecule has 5 nitrogen and oxygen atoms in total. The first-order chi connectivity index (χ1) is 12.9. The number of nitrogens with zero attached hydrogens (tertiary/aromatic N) is 1. The second-order valence-electron chi connectivity index (χ2n) is 6.78. The molecule has 0 spiro atoms. The lowest BCUT2D eigenvalue weighted by Crippen LogP contribution is -2.30. The molecular weight excluding hydrogens is 384 g/mol. The fourth-order valence-corrected chi connectivity index (χ4v) is 5.17. The molecule has 1 atom stereocenters. The Hall–Kier alpha value is -1.89. The van der Waals surface area contributed by atoms with Gasteiger partial charge in [-0.25, -0.2) is 8.42 Å². The molecule has 7 heteroatoms. The maximum atomic E-state index is 12.8. The van der Waals surface area contributed by atoms with Crippen molar-refractivity contribution in [3.63, 3.8) is 0 Å². The molecule has 27 heavy (non-hydrogen) atoms. The first-order valence-electron chi connectivity index (χ1n) is 9.02. The van der Waals surface area contributed by atoms with Crippen LogP contribution in [-0.4, -0.2) is 38.3 Å². The lowest BCUT2D eigenvalue weighted by Gasteiger charge is -2.17. The molecule has 1 heterocycles. The number of rotatable bonds is 6. The molecule has 1 fully saturated rings. The Morgan fingerprint density at radius 2 is 1.81 bits per heavy atom. The Labute approximate surface area is 165 Å². The zero-order chi connectivity index (χ0) is 19.4. The van der Waals surface area contributed by atoms with Crippen LogP contribution in [0.3, 0.4) is 0 Å². The number of hydrogen-bond acceptors (Lipinski definition) is 3. The van der Waals surface area contributed by atoms with E-state index >= 15 is 0 Å². The number of amides is 1. The van der Waals surface area contributed by atoms with Gasteiger partial charge in [0.1, 0.15) is 4.90 Å². The third-order valence-corrected chi connectivity index (χ3v) is 7.19. The molecule has 3 rings (SSSR count). The number of carbonyl (C=O) groups is 1. The maximum Gasteiger partial charge on any atom is 0.251 e. The van der Waals surface area contributed by atoms with Gasteiger partial charge in [0.2, 0.25) is 10.0 Å². The summed E-state index contributed by atoms with van der Waals surface area (Å²) >= 11 is 6.13. The number of hydrogen-bond donors (Lipinski definition) is 1. The van der Waals surface area contributed by atoms with E-state index in [1.165, 1.54) is 16.4 Å².